The molecule has 0 aliphatic carbocycles. The van der Waals surface area contributed by atoms with Crippen molar-refractivity contribution < 1.29 is 14.3 Å². The fourth-order valence-corrected chi connectivity index (χ4v) is 3.82. The third-order valence-electron chi connectivity index (χ3n) is 4.95. The zero-order valence-electron chi connectivity index (χ0n) is 19.8. The molecular formula is C26H28N4O3S. The van der Waals surface area contributed by atoms with Crippen molar-refractivity contribution in [2.24, 2.45) is 0 Å². The minimum atomic E-state index is -0.518. The van der Waals surface area contributed by atoms with Crippen LogP contribution in [0.5, 0.6) is 11.5 Å². The van der Waals surface area contributed by atoms with E-state index in [0.29, 0.717) is 35.6 Å². The Kier molecular flexibility index (Phi) is 8.77. The highest BCUT2D eigenvalue weighted by Crippen LogP contribution is 2.27. The maximum Gasteiger partial charge on any atom is 0.268 e. The third kappa shape index (κ3) is 6.90. The average Bonchev–Trinajstić information content (AvgIpc) is 3.28. The molecule has 0 unspecified atom stereocenters. The third-order valence-corrected chi connectivity index (χ3v) is 5.93. The second-order valence-electron chi connectivity index (χ2n) is 7.94. The normalized spacial score (nSPS) is 11.2. The summed E-state index contributed by atoms with van der Waals surface area (Å²) in [4.78, 5) is 12.4. The van der Waals surface area contributed by atoms with Crippen molar-refractivity contribution in [2.45, 2.75) is 40.0 Å². The van der Waals surface area contributed by atoms with E-state index in [2.05, 4.69) is 41.5 Å². The van der Waals surface area contributed by atoms with E-state index in [1.807, 2.05) is 26.0 Å². The first-order chi connectivity index (χ1) is 16.4. The monoisotopic (exact) mass is 476 g/mol. The number of aromatic nitrogens is 2. The van der Waals surface area contributed by atoms with Gasteiger partial charge in [-0.3, -0.25) is 10.1 Å². The van der Waals surface area contributed by atoms with Gasteiger partial charge in [-0.25, -0.2) is 0 Å². The highest BCUT2D eigenvalue weighted by Gasteiger charge is 2.13. The number of nitrogens with one attached hydrogen (secondary N) is 1. The van der Waals surface area contributed by atoms with E-state index in [1.54, 1.807) is 24.3 Å². The summed E-state index contributed by atoms with van der Waals surface area (Å²) in [6.45, 7) is 9.11. The van der Waals surface area contributed by atoms with E-state index >= 15 is 0 Å². The Labute approximate surface area is 204 Å². The first-order valence-electron chi connectivity index (χ1n) is 11.1. The zero-order chi connectivity index (χ0) is 24.5. The Morgan fingerprint density at radius 1 is 1.15 bits per heavy atom. The zero-order valence-corrected chi connectivity index (χ0v) is 20.6. The largest absolute Gasteiger partial charge is 0.490 e. The maximum atomic E-state index is 12.4. The van der Waals surface area contributed by atoms with Crippen LogP contribution in [0.15, 0.2) is 48.0 Å². The van der Waals surface area contributed by atoms with E-state index in [0.717, 1.165) is 22.7 Å². The van der Waals surface area contributed by atoms with Gasteiger partial charge in [0.25, 0.3) is 5.91 Å². The molecular weight excluding hydrogens is 448 g/mol. The molecule has 3 rings (SSSR count). The number of rotatable bonds is 10. The van der Waals surface area contributed by atoms with Gasteiger partial charge < -0.3 is 9.47 Å². The second-order valence-corrected chi connectivity index (χ2v) is 9.00. The van der Waals surface area contributed by atoms with Gasteiger partial charge in [0.15, 0.2) is 0 Å². The van der Waals surface area contributed by atoms with E-state index < -0.39 is 5.91 Å². The van der Waals surface area contributed by atoms with Gasteiger partial charge in [-0.05, 0) is 60.2 Å². The molecule has 0 atom stereocenters. The molecule has 0 fully saturated rings. The van der Waals surface area contributed by atoms with Crippen LogP contribution in [0.1, 0.15) is 48.4 Å². The molecule has 1 heterocycles. The van der Waals surface area contributed by atoms with Crippen LogP contribution in [-0.4, -0.2) is 29.3 Å². The second kappa shape index (κ2) is 12.0. The number of nitriles is 1. The molecule has 7 nitrogen and oxygen atoms in total. The molecule has 0 aliphatic heterocycles. The summed E-state index contributed by atoms with van der Waals surface area (Å²) in [5.74, 6) is 1.43. The van der Waals surface area contributed by atoms with Gasteiger partial charge in [0, 0.05) is 0 Å². The summed E-state index contributed by atoms with van der Waals surface area (Å²) in [6.07, 6.45) is 2.26. The van der Waals surface area contributed by atoms with Crippen LogP contribution < -0.4 is 14.8 Å². The van der Waals surface area contributed by atoms with Crippen LogP contribution in [0, 0.1) is 18.3 Å². The van der Waals surface area contributed by atoms with Crippen molar-refractivity contribution >= 4 is 28.5 Å². The summed E-state index contributed by atoms with van der Waals surface area (Å²) < 4.78 is 11.7. The highest BCUT2D eigenvalue weighted by atomic mass is 32.1. The maximum absolute atomic E-state index is 12.4. The molecule has 3 aromatic rings. The number of hydrogen-bond donors (Lipinski definition) is 1. The molecule has 0 saturated carbocycles. The molecule has 8 heteroatoms. The van der Waals surface area contributed by atoms with Gasteiger partial charge in [0.05, 0.1) is 0 Å². The Balaban J connectivity index is 1.54. The average molecular weight is 477 g/mol. The van der Waals surface area contributed by atoms with Gasteiger partial charge >= 0.3 is 0 Å². The number of aryl methyl sites for hydroxylation is 2. The lowest BCUT2D eigenvalue weighted by molar-refractivity contribution is -0.112. The summed E-state index contributed by atoms with van der Waals surface area (Å²) >= 11 is 1.29. The Morgan fingerprint density at radius 3 is 2.53 bits per heavy atom. The number of amides is 1. The lowest BCUT2D eigenvalue weighted by Crippen LogP contribution is -2.13. The van der Waals surface area contributed by atoms with Crippen LogP contribution in [0.4, 0.5) is 5.13 Å². The van der Waals surface area contributed by atoms with E-state index in [1.165, 1.54) is 23.0 Å². The molecule has 34 heavy (non-hydrogen) atoms. The topological polar surface area (TPSA) is 97.1 Å². The van der Waals surface area contributed by atoms with Crippen LogP contribution in [0.2, 0.25) is 0 Å². The standard InChI is InChI=1S/C26H28N4O3S/c1-5-24-29-30-26(34-24)28-25(31)20(16-27)15-19-7-9-21(10-8-19)32-12-13-33-23-14-18(4)6-11-22(23)17(2)3/h6-11,14-15,17H,5,12-13H2,1-4H3,(H,28,30,31)/b20-15-. The van der Waals surface area contributed by atoms with Crippen molar-refractivity contribution in [1.29, 1.82) is 5.26 Å². The van der Waals surface area contributed by atoms with Crippen molar-refractivity contribution in [2.75, 3.05) is 18.5 Å². The highest BCUT2D eigenvalue weighted by molar-refractivity contribution is 7.15. The number of ether oxygens (including phenoxy) is 2. The van der Waals surface area contributed by atoms with Gasteiger partial charge in [-0.2, -0.15) is 5.26 Å². The Morgan fingerprint density at radius 2 is 1.88 bits per heavy atom. The van der Waals surface area contributed by atoms with E-state index in [-0.39, 0.29) is 5.57 Å². The van der Waals surface area contributed by atoms with Crippen molar-refractivity contribution in [3.8, 4) is 17.6 Å². The quantitative estimate of drug-likeness (QED) is 0.235. The SMILES string of the molecule is CCc1nnc(NC(=O)/C(C#N)=C\c2ccc(OCCOc3cc(C)ccc3C(C)C)cc2)s1. The lowest BCUT2D eigenvalue weighted by atomic mass is 10.0. The molecule has 0 bridgehead atoms. The Bertz CT molecular complexity index is 1190. The molecule has 0 spiro atoms. The number of carbonyl (C=O) groups is 1. The molecule has 2 aromatic carbocycles. The number of carbonyl (C=O) groups excluding carboxylic acids is 1. The minimum Gasteiger partial charge on any atom is -0.490 e. The Hall–Kier alpha value is -3.70. The summed E-state index contributed by atoms with van der Waals surface area (Å²) in [5.41, 5.74) is 3.02. The predicted molar refractivity (Wildman–Crippen MR) is 134 cm³/mol. The molecule has 176 valence electrons. The predicted octanol–water partition coefficient (Wildman–Crippen LogP) is 5.54. The number of benzene rings is 2. The molecule has 1 amide bonds. The number of hydrogen-bond acceptors (Lipinski definition) is 7. The number of nitrogens with zero attached hydrogens (tertiary/aromatic N) is 3. The van der Waals surface area contributed by atoms with Gasteiger partial charge in [-0.15, -0.1) is 10.2 Å². The molecule has 0 aliphatic rings. The van der Waals surface area contributed by atoms with Crippen molar-refractivity contribution in [1.82, 2.24) is 10.2 Å². The minimum absolute atomic E-state index is 0.0190. The summed E-state index contributed by atoms with van der Waals surface area (Å²) in [5, 5.41) is 21.1. The first kappa shape index (κ1) is 24.9. The molecule has 1 aromatic heterocycles. The fourth-order valence-electron chi connectivity index (χ4n) is 3.14. The van der Waals surface area contributed by atoms with E-state index in [9.17, 15) is 10.1 Å². The molecule has 0 saturated heterocycles. The lowest BCUT2D eigenvalue weighted by Gasteiger charge is -2.15. The van der Waals surface area contributed by atoms with Crippen molar-refractivity contribution in [3.63, 3.8) is 0 Å². The van der Waals surface area contributed by atoms with Gasteiger partial charge in [-0.1, -0.05) is 56.4 Å². The molecule has 1 N–H and O–H groups in total. The fraction of sp³-hybridized carbons (Fsp3) is 0.308. The van der Waals surface area contributed by atoms with Crippen LogP contribution >= 0.6 is 11.3 Å². The number of anilines is 1. The van der Waals surface area contributed by atoms with Crippen molar-refractivity contribution in [3.05, 3.63) is 69.7 Å². The van der Waals surface area contributed by atoms with Gasteiger partial charge in [0.1, 0.15) is 41.4 Å². The smallest absolute Gasteiger partial charge is 0.268 e. The summed E-state index contributed by atoms with van der Waals surface area (Å²) in [6, 6.07) is 15.4. The summed E-state index contributed by atoms with van der Waals surface area (Å²) in [7, 11) is 0. The van der Waals surface area contributed by atoms with Gasteiger partial charge in [0.2, 0.25) is 5.13 Å². The van der Waals surface area contributed by atoms with E-state index in [4.69, 9.17) is 9.47 Å². The van der Waals surface area contributed by atoms with Crippen LogP contribution in [0.25, 0.3) is 6.08 Å². The van der Waals surface area contributed by atoms with Crippen LogP contribution in [0.3, 0.4) is 0 Å². The first-order valence-corrected chi connectivity index (χ1v) is 11.9. The van der Waals surface area contributed by atoms with Crippen LogP contribution in [-0.2, 0) is 11.2 Å². The molecule has 0 radical (unpaired) electrons.